The van der Waals surface area contributed by atoms with Gasteiger partial charge < -0.3 is 20.3 Å². The third kappa shape index (κ3) is 63.5. The van der Waals surface area contributed by atoms with Crippen molar-refractivity contribution in [2.24, 2.45) is 0 Å². The van der Waals surface area contributed by atoms with Crippen LogP contribution in [0.3, 0.4) is 0 Å². The maximum absolute atomic E-state index is 12.5. The number of carbonyl (C=O) groups excluding carboxylic acids is 2. The predicted octanol–water partition coefficient (Wildman–Crippen LogP) is 22.9. The SMILES string of the molecule is CCCCCCCC/C=C\CCCCCCCCCCCC(=O)OCCCCCCCCCCC/C=C\CCCCCCCCCC(=O)NC(CO)C(O)CCCCCCCCCCCCCCCCCCCCCCCC. The van der Waals surface area contributed by atoms with E-state index in [1.807, 2.05) is 0 Å². The Morgan fingerprint density at radius 1 is 0.346 bits per heavy atom. The van der Waals surface area contributed by atoms with Gasteiger partial charge >= 0.3 is 5.97 Å². The van der Waals surface area contributed by atoms with E-state index < -0.39 is 12.1 Å². The van der Waals surface area contributed by atoms with Crippen molar-refractivity contribution >= 4 is 11.9 Å². The number of rotatable bonds is 67. The van der Waals surface area contributed by atoms with E-state index in [4.69, 9.17) is 4.74 Å². The van der Waals surface area contributed by atoms with Gasteiger partial charge in [0.1, 0.15) is 0 Å². The Balaban J connectivity index is 3.41. The van der Waals surface area contributed by atoms with Crippen molar-refractivity contribution < 1.29 is 24.5 Å². The molecular weight excluding hydrogens is 959 g/mol. The summed E-state index contributed by atoms with van der Waals surface area (Å²) in [4.78, 5) is 24.7. The summed E-state index contributed by atoms with van der Waals surface area (Å²) in [5.74, 6) is -0.0323. The molecule has 0 aromatic rings. The van der Waals surface area contributed by atoms with Gasteiger partial charge in [-0.15, -0.1) is 0 Å². The van der Waals surface area contributed by atoms with Crippen molar-refractivity contribution in [2.45, 2.75) is 411 Å². The molecular formula is C72H139NO5. The van der Waals surface area contributed by atoms with Crippen LogP contribution in [0.15, 0.2) is 24.3 Å². The number of esters is 1. The quantitative estimate of drug-likeness (QED) is 0.0320. The van der Waals surface area contributed by atoms with Gasteiger partial charge in [0.05, 0.1) is 25.4 Å². The Morgan fingerprint density at radius 2 is 0.603 bits per heavy atom. The lowest BCUT2D eigenvalue weighted by Crippen LogP contribution is -2.45. The van der Waals surface area contributed by atoms with Gasteiger partial charge in [0.15, 0.2) is 0 Å². The highest BCUT2D eigenvalue weighted by atomic mass is 16.5. The number of amides is 1. The third-order valence-corrected chi connectivity index (χ3v) is 16.7. The van der Waals surface area contributed by atoms with E-state index in [9.17, 15) is 19.8 Å². The van der Waals surface area contributed by atoms with Crippen molar-refractivity contribution in [1.82, 2.24) is 5.32 Å². The average molecular weight is 1100 g/mol. The Kier molecular flexibility index (Phi) is 66.4. The molecule has 0 aliphatic heterocycles. The molecule has 2 unspecified atom stereocenters. The lowest BCUT2D eigenvalue weighted by Gasteiger charge is -2.22. The third-order valence-electron chi connectivity index (χ3n) is 16.7. The first-order valence-corrected chi connectivity index (χ1v) is 35.6. The molecule has 78 heavy (non-hydrogen) atoms. The first-order valence-electron chi connectivity index (χ1n) is 35.6. The van der Waals surface area contributed by atoms with Gasteiger partial charge in [0.2, 0.25) is 5.91 Å². The van der Waals surface area contributed by atoms with E-state index in [0.29, 0.717) is 25.9 Å². The predicted molar refractivity (Wildman–Crippen MR) is 343 cm³/mol. The molecule has 0 radical (unpaired) electrons. The minimum Gasteiger partial charge on any atom is -0.466 e. The van der Waals surface area contributed by atoms with Crippen LogP contribution in [0.25, 0.3) is 0 Å². The zero-order chi connectivity index (χ0) is 56.4. The van der Waals surface area contributed by atoms with Crippen LogP contribution in [0, 0.1) is 0 Å². The monoisotopic (exact) mass is 1100 g/mol. The summed E-state index contributed by atoms with van der Waals surface area (Å²) in [6, 6.07) is -0.549. The fraction of sp³-hybridized carbons (Fsp3) is 0.917. The van der Waals surface area contributed by atoms with E-state index in [-0.39, 0.29) is 18.5 Å². The van der Waals surface area contributed by atoms with Gasteiger partial charge in [-0.2, -0.15) is 0 Å². The Bertz CT molecular complexity index is 1220. The van der Waals surface area contributed by atoms with Crippen LogP contribution in [0.1, 0.15) is 399 Å². The number of unbranched alkanes of at least 4 members (excludes halogenated alkanes) is 52. The van der Waals surface area contributed by atoms with Gasteiger partial charge in [-0.3, -0.25) is 9.59 Å². The molecule has 0 saturated carbocycles. The van der Waals surface area contributed by atoms with Crippen molar-refractivity contribution in [3.8, 4) is 0 Å². The number of ether oxygens (including phenoxy) is 1. The fourth-order valence-corrected chi connectivity index (χ4v) is 11.3. The molecule has 0 aromatic heterocycles. The lowest BCUT2D eigenvalue weighted by atomic mass is 10.0. The zero-order valence-corrected chi connectivity index (χ0v) is 52.9. The first kappa shape index (κ1) is 76.3. The fourth-order valence-electron chi connectivity index (χ4n) is 11.3. The molecule has 0 saturated heterocycles. The van der Waals surface area contributed by atoms with Gasteiger partial charge in [-0.05, 0) is 77.0 Å². The van der Waals surface area contributed by atoms with Crippen LogP contribution in [-0.2, 0) is 14.3 Å². The topological polar surface area (TPSA) is 95.9 Å². The van der Waals surface area contributed by atoms with Crippen LogP contribution in [0.2, 0.25) is 0 Å². The number of aliphatic hydroxyl groups excluding tert-OH is 2. The second-order valence-corrected chi connectivity index (χ2v) is 24.6. The molecule has 0 aromatic carbocycles. The summed E-state index contributed by atoms with van der Waals surface area (Å²) in [6.45, 7) is 4.98. The highest BCUT2D eigenvalue weighted by Gasteiger charge is 2.20. The Morgan fingerprint density at radius 3 is 0.910 bits per heavy atom. The molecule has 6 nitrogen and oxygen atoms in total. The Labute approximate surface area is 488 Å². The lowest BCUT2D eigenvalue weighted by molar-refractivity contribution is -0.143. The summed E-state index contributed by atoms with van der Waals surface area (Å²) >= 11 is 0. The molecule has 0 aliphatic rings. The van der Waals surface area contributed by atoms with E-state index >= 15 is 0 Å². The number of nitrogens with one attached hydrogen (secondary N) is 1. The number of aliphatic hydroxyl groups is 2. The molecule has 6 heteroatoms. The zero-order valence-electron chi connectivity index (χ0n) is 52.9. The maximum Gasteiger partial charge on any atom is 0.305 e. The largest absolute Gasteiger partial charge is 0.466 e. The van der Waals surface area contributed by atoms with Gasteiger partial charge in [-0.1, -0.05) is 334 Å². The molecule has 3 N–H and O–H groups in total. The standard InChI is InChI=1S/C72H139NO5/c1-3-5-7-9-11-13-15-17-19-21-23-24-25-29-32-36-40-44-48-52-56-60-64-70(75)69(68-74)73-71(76)65-61-57-53-49-45-41-37-33-30-26-27-31-35-39-43-47-51-55-59-63-67-78-72(77)66-62-58-54-50-46-42-38-34-28-22-20-18-16-14-12-10-8-6-4-2/h18,20,26,30,69-70,74-75H,3-17,19,21-25,27-29,31-68H2,1-2H3,(H,73,76)/b20-18-,30-26-. The first-order chi connectivity index (χ1) is 38.5. The number of hydrogen-bond donors (Lipinski definition) is 3. The van der Waals surface area contributed by atoms with Gasteiger partial charge in [0.25, 0.3) is 0 Å². The minimum absolute atomic E-state index is 0.00694. The average Bonchev–Trinajstić information content (AvgIpc) is 3.44. The highest BCUT2D eigenvalue weighted by molar-refractivity contribution is 5.76. The van der Waals surface area contributed by atoms with Crippen LogP contribution < -0.4 is 5.32 Å². The summed E-state index contributed by atoms with van der Waals surface area (Å²) in [6.07, 6.45) is 85.0. The van der Waals surface area contributed by atoms with E-state index in [2.05, 4.69) is 43.5 Å². The second-order valence-electron chi connectivity index (χ2n) is 24.6. The van der Waals surface area contributed by atoms with Gasteiger partial charge in [0, 0.05) is 12.8 Å². The van der Waals surface area contributed by atoms with Crippen LogP contribution in [0.5, 0.6) is 0 Å². The normalized spacial score (nSPS) is 12.6. The van der Waals surface area contributed by atoms with Crippen LogP contribution >= 0.6 is 0 Å². The summed E-state index contributed by atoms with van der Waals surface area (Å²) in [7, 11) is 0. The van der Waals surface area contributed by atoms with Gasteiger partial charge in [-0.25, -0.2) is 0 Å². The van der Waals surface area contributed by atoms with E-state index in [1.165, 1.54) is 321 Å². The second kappa shape index (κ2) is 67.8. The van der Waals surface area contributed by atoms with E-state index in [0.717, 1.165) is 44.9 Å². The number of carbonyl (C=O) groups is 2. The van der Waals surface area contributed by atoms with Crippen LogP contribution in [-0.4, -0.2) is 47.4 Å². The maximum atomic E-state index is 12.5. The molecule has 0 heterocycles. The summed E-state index contributed by atoms with van der Waals surface area (Å²) < 4.78 is 5.50. The molecule has 0 aliphatic carbocycles. The minimum atomic E-state index is -0.671. The van der Waals surface area contributed by atoms with Crippen LogP contribution in [0.4, 0.5) is 0 Å². The molecule has 2 atom stereocenters. The molecule has 0 fully saturated rings. The number of hydrogen-bond acceptors (Lipinski definition) is 5. The molecule has 0 bridgehead atoms. The number of allylic oxidation sites excluding steroid dienone is 4. The van der Waals surface area contributed by atoms with Crippen molar-refractivity contribution in [3.63, 3.8) is 0 Å². The molecule has 462 valence electrons. The van der Waals surface area contributed by atoms with Crippen molar-refractivity contribution in [1.29, 1.82) is 0 Å². The van der Waals surface area contributed by atoms with Crippen molar-refractivity contribution in [3.05, 3.63) is 24.3 Å². The molecule has 0 spiro atoms. The molecule has 1 amide bonds. The highest BCUT2D eigenvalue weighted by Crippen LogP contribution is 2.19. The van der Waals surface area contributed by atoms with Crippen molar-refractivity contribution in [2.75, 3.05) is 13.2 Å². The Hall–Kier alpha value is -1.66. The summed E-state index contributed by atoms with van der Waals surface area (Å²) in [5, 5.41) is 23.4. The molecule has 0 rings (SSSR count). The smallest absolute Gasteiger partial charge is 0.305 e. The van der Waals surface area contributed by atoms with E-state index in [1.54, 1.807) is 0 Å². The summed E-state index contributed by atoms with van der Waals surface area (Å²) in [5.41, 5.74) is 0.